The Morgan fingerprint density at radius 2 is 1.62 bits per heavy atom. The van der Waals surface area contributed by atoms with E-state index in [1.54, 1.807) is 13.8 Å². The smallest absolute Gasteiger partial charge is 0.329 e. The lowest BCUT2D eigenvalue weighted by atomic mass is 10.1. The fourth-order valence-corrected chi connectivity index (χ4v) is 2.62. The average molecular weight is 289 g/mol. The Hall–Kier alpha value is -2.08. The summed E-state index contributed by atoms with van der Waals surface area (Å²) in [5.74, 6) is -0.230. The van der Waals surface area contributed by atoms with Crippen molar-refractivity contribution < 1.29 is 14.3 Å². The van der Waals surface area contributed by atoms with Crippen LogP contribution in [0.15, 0.2) is 24.3 Å². The summed E-state index contributed by atoms with van der Waals surface area (Å²) in [6, 6.07) is 7.12. The topological polar surface area (TPSA) is 61.9 Å². The van der Waals surface area contributed by atoms with Gasteiger partial charge in [-0.05, 0) is 38.1 Å². The zero-order chi connectivity index (χ0) is 15.0. The van der Waals surface area contributed by atoms with Gasteiger partial charge in [-0.15, -0.1) is 0 Å². The average Bonchev–Trinajstić information content (AvgIpc) is 2.68. The van der Waals surface area contributed by atoms with Crippen LogP contribution in [0, 0.1) is 0 Å². The fourth-order valence-electron chi connectivity index (χ4n) is 2.62. The highest BCUT2D eigenvalue weighted by atomic mass is 16.5. The van der Waals surface area contributed by atoms with Gasteiger partial charge in [0.2, 0.25) is 0 Å². The molecule has 0 unspecified atom stereocenters. The SMILES string of the molecule is CC1(C)NC(=O)N(c2ccc(N3CCOCC3)cc2)C1=O. The lowest BCUT2D eigenvalue weighted by molar-refractivity contribution is -0.121. The number of anilines is 2. The minimum Gasteiger partial charge on any atom is -0.378 e. The van der Waals surface area contributed by atoms with Crippen LogP contribution in [0.5, 0.6) is 0 Å². The molecule has 21 heavy (non-hydrogen) atoms. The van der Waals surface area contributed by atoms with E-state index in [-0.39, 0.29) is 11.9 Å². The maximum Gasteiger partial charge on any atom is 0.329 e. The molecule has 6 heteroatoms. The quantitative estimate of drug-likeness (QED) is 0.835. The largest absolute Gasteiger partial charge is 0.378 e. The van der Waals surface area contributed by atoms with Gasteiger partial charge < -0.3 is 15.0 Å². The van der Waals surface area contributed by atoms with Crippen LogP contribution in [0.1, 0.15) is 13.8 Å². The first-order chi connectivity index (χ1) is 9.99. The van der Waals surface area contributed by atoms with Crippen molar-refractivity contribution in [3.8, 4) is 0 Å². The number of imide groups is 1. The van der Waals surface area contributed by atoms with E-state index in [1.165, 1.54) is 4.90 Å². The Labute approximate surface area is 123 Å². The number of hydrogen-bond acceptors (Lipinski definition) is 4. The van der Waals surface area contributed by atoms with Gasteiger partial charge in [-0.25, -0.2) is 9.69 Å². The highest BCUT2D eigenvalue weighted by Crippen LogP contribution is 2.27. The molecule has 2 aliphatic rings. The van der Waals surface area contributed by atoms with Crippen LogP contribution in [0.4, 0.5) is 16.2 Å². The third-order valence-electron chi connectivity index (χ3n) is 3.84. The molecule has 0 atom stereocenters. The molecule has 1 N–H and O–H groups in total. The normalized spacial score (nSPS) is 21.6. The molecule has 1 aromatic carbocycles. The van der Waals surface area contributed by atoms with Crippen molar-refractivity contribution in [1.29, 1.82) is 0 Å². The molecule has 2 fully saturated rings. The lowest BCUT2D eigenvalue weighted by Crippen LogP contribution is -2.40. The number of amides is 3. The zero-order valence-electron chi connectivity index (χ0n) is 12.3. The third-order valence-corrected chi connectivity index (χ3v) is 3.84. The Kier molecular flexibility index (Phi) is 3.33. The van der Waals surface area contributed by atoms with Gasteiger partial charge in [-0.2, -0.15) is 0 Å². The van der Waals surface area contributed by atoms with Crippen molar-refractivity contribution >= 4 is 23.3 Å². The van der Waals surface area contributed by atoms with Crippen LogP contribution in [0.3, 0.4) is 0 Å². The van der Waals surface area contributed by atoms with Crippen LogP contribution in [0.25, 0.3) is 0 Å². The minimum absolute atomic E-state index is 0.230. The highest BCUT2D eigenvalue weighted by molar-refractivity contribution is 6.23. The highest BCUT2D eigenvalue weighted by Gasteiger charge is 2.44. The van der Waals surface area contributed by atoms with Crippen LogP contribution >= 0.6 is 0 Å². The second kappa shape index (κ2) is 5.04. The van der Waals surface area contributed by atoms with Gasteiger partial charge in [-0.1, -0.05) is 0 Å². The maximum absolute atomic E-state index is 12.2. The number of nitrogens with one attached hydrogen (secondary N) is 1. The Balaban J connectivity index is 1.81. The van der Waals surface area contributed by atoms with Gasteiger partial charge in [0.1, 0.15) is 5.54 Å². The van der Waals surface area contributed by atoms with Crippen molar-refractivity contribution in [1.82, 2.24) is 5.32 Å². The molecular weight excluding hydrogens is 270 g/mol. The number of urea groups is 1. The van der Waals surface area contributed by atoms with Gasteiger partial charge in [0, 0.05) is 18.8 Å². The lowest BCUT2D eigenvalue weighted by Gasteiger charge is -2.29. The molecule has 0 aromatic heterocycles. The van der Waals surface area contributed by atoms with E-state index in [1.807, 2.05) is 24.3 Å². The number of hydrogen-bond donors (Lipinski definition) is 1. The van der Waals surface area contributed by atoms with Gasteiger partial charge in [-0.3, -0.25) is 4.79 Å². The van der Waals surface area contributed by atoms with Crippen molar-refractivity contribution in [3.05, 3.63) is 24.3 Å². The van der Waals surface area contributed by atoms with Gasteiger partial charge in [0.25, 0.3) is 5.91 Å². The summed E-state index contributed by atoms with van der Waals surface area (Å²) in [5, 5.41) is 2.68. The minimum atomic E-state index is -0.847. The number of morpholine rings is 1. The van der Waals surface area contributed by atoms with Crippen LogP contribution in [0.2, 0.25) is 0 Å². The predicted molar refractivity (Wildman–Crippen MR) is 79.6 cm³/mol. The Bertz CT molecular complexity index is 562. The predicted octanol–water partition coefficient (Wildman–Crippen LogP) is 1.36. The van der Waals surface area contributed by atoms with Crippen molar-refractivity contribution in [2.75, 3.05) is 36.1 Å². The van der Waals surface area contributed by atoms with Crippen LogP contribution in [-0.2, 0) is 9.53 Å². The molecule has 0 bridgehead atoms. The second-order valence-electron chi connectivity index (χ2n) is 5.81. The van der Waals surface area contributed by atoms with Crippen molar-refractivity contribution in [2.24, 2.45) is 0 Å². The number of ether oxygens (including phenoxy) is 1. The van der Waals surface area contributed by atoms with Crippen molar-refractivity contribution in [2.45, 2.75) is 19.4 Å². The van der Waals surface area contributed by atoms with E-state index in [9.17, 15) is 9.59 Å². The number of benzene rings is 1. The summed E-state index contributed by atoms with van der Waals surface area (Å²) >= 11 is 0. The molecule has 1 aromatic rings. The molecule has 3 rings (SSSR count). The summed E-state index contributed by atoms with van der Waals surface area (Å²) in [7, 11) is 0. The van der Waals surface area contributed by atoms with Crippen LogP contribution in [-0.4, -0.2) is 43.8 Å². The van der Waals surface area contributed by atoms with E-state index < -0.39 is 5.54 Å². The molecular formula is C15H19N3O3. The molecule has 112 valence electrons. The monoisotopic (exact) mass is 289 g/mol. The molecule has 0 spiro atoms. The molecule has 6 nitrogen and oxygen atoms in total. The standard InChI is InChI=1S/C15H19N3O3/c1-15(2)13(19)18(14(20)16-15)12-5-3-11(4-6-12)17-7-9-21-10-8-17/h3-6H,7-10H2,1-2H3,(H,16,20). The first kappa shape index (κ1) is 13.9. The number of carbonyl (C=O) groups excluding carboxylic acids is 2. The van der Waals surface area contributed by atoms with E-state index >= 15 is 0 Å². The molecule has 0 radical (unpaired) electrons. The third kappa shape index (κ3) is 2.47. The van der Waals surface area contributed by atoms with E-state index in [0.29, 0.717) is 5.69 Å². The van der Waals surface area contributed by atoms with Crippen molar-refractivity contribution in [3.63, 3.8) is 0 Å². The molecule has 0 saturated carbocycles. The van der Waals surface area contributed by atoms with E-state index in [2.05, 4.69) is 10.2 Å². The molecule has 3 amide bonds. The number of carbonyl (C=O) groups is 2. The first-order valence-electron chi connectivity index (χ1n) is 7.08. The summed E-state index contributed by atoms with van der Waals surface area (Å²) in [4.78, 5) is 27.6. The summed E-state index contributed by atoms with van der Waals surface area (Å²) in [6.07, 6.45) is 0. The first-order valence-corrected chi connectivity index (χ1v) is 7.08. The number of rotatable bonds is 2. The molecule has 0 aliphatic carbocycles. The Morgan fingerprint density at radius 3 is 2.14 bits per heavy atom. The summed E-state index contributed by atoms with van der Waals surface area (Å²) in [6.45, 7) is 6.57. The number of nitrogens with zero attached hydrogens (tertiary/aromatic N) is 2. The Morgan fingerprint density at radius 1 is 1.05 bits per heavy atom. The van der Waals surface area contributed by atoms with E-state index in [0.717, 1.165) is 32.0 Å². The maximum atomic E-state index is 12.2. The molecule has 2 aliphatic heterocycles. The fraction of sp³-hybridized carbons (Fsp3) is 0.467. The van der Waals surface area contributed by atoms with Crippen LogP contribution < -0.4 is 15.1 Å². The van der Waals surface area contributed by atoms with Gasteiger partial charge in [0.05, 0.1) is 18.9 Å². The molecule has 2 heterocycles. The summed E-state index contributed by atoms with van der Waals surface area (Å²) in [5.41, 5.74) is 0.827. The summed E-state index contributed by atoms with van der Waals surface area (Å²) < 4.78 is 5.33. The second-order valence-corrected chi connectivity index (χ2v) is 5.81. The van der Waals surface area contributed by atoms with Gasteiger partial charge >= 0.3 is 6.03 Å². The van der Waals surface area contributed by atoms with Gasteiger partial charge in [0.15, 0.2) is 0 Å². The molecule has 2 saturated heterocycles. The van der Waals surface area contributed by atoms with E-state index in [4.69, 9.17) is 4.74 Å². The zero-order valence-corrected chi connectivity index (χ0v) is 12.3.